The van der Waals surface area contributed by atoms with Crippen LogP contribution in [0.3, 0.4) is 0 Å². The van der Waals surface area contributed by atoms with Gasteiger partial charge in [0.05, 0.1) is 0 Å². The quantitative estimate of drug-likeness (QED) is 0.561. The van der Waals surface area contributed by atoms with Crippen LogP contribution in [0.1, 0.15) is 23.2 Å². The summed E-state index contributed by atoms with van der Waals surface area (Å²) >= 11 is 0. The second-order valence-electron chi connectivity index (χ2n) is 7.71. The highest BCUT2D eigenvalue weighted by Crippen LogP contribution is 2.28. The molecule has 30 heavy (non-hydrogen) atoms. The van der Waals surface area contributed by atoms with Gasteiger partial charge in [0.15, 0.2) is 11.6 Å². The van der Waals surface area contributed by atoms with Crippen molar-refractivity contribution in [2.75, 3.05) is 43.2 Å². The number of fused-ring (bicyclic) bond motifs is 1. The zero-order valence-electron chi connectivity index (χ0n) is 17.3. The number of hydrazine groups is 1. The monoisotopic (exact) mass is 405 g/mol. The van der Waals surface area contributed by atoms with E-state index in [1.807, 2.05) is 43.4 Å². The molecule has 1 aromatic heterocycles. The molecule has 8 nitrogen and oxygen atoms in total. The van der Waals surface area contributed by atoms with Crippen LogP contribution in [0.15, 0.2) is 48.8 Å². The zero-order chi connectivity index (χ0) is 21.1. The van der Waals surface area contributed by atoms with Gasteiger partial charge in [0.2, 0.25) is 0 Å². The van der Waals surface area contributed by atoms with Gasteiger partial charge in [0, 0.05) is 18.7 Å². The van der Waals surface area contributed by atoms with Crippen LogP contribution in [-0.4, -0.2) is 54.0 Å². The van der Waals surface area contributed by atoms with Gasteiger partial charge in [-0.2, -0.15) is 0 Å². The molecule has 1 amide bonds. The number of carbonyl (C=O) groups excluding carboxylic acids is 1. The van der Waals surface area contributed by atoms with E-state index in [-0.39, 0.29) is 5.91 Å². The molecule has 1 saturated heterocycles. The van der Waals surface area contributed by atoms with Gasteiger partial charge in [0.25, 0.3) is 5.91 Å². The summed E-state index contributed by atoms with van der Waals surface area (Å²) in [6.45, 7) is 2.10. The predicted molar refractivity (Wildman–Crippen MR) is 120 cm³/mol. The molecule has 0 radical (unpaired) electrons. The minimum atomic E-state index is -0.255. The van der Waals surface area contributed by atoms with Gasteiger partial charge in [-0.05, 0) is 49.8 Å². The van der Waals surface area contributed by atoms with E-state index < -0.39 is 0 Å². The van der Waals surface area contributed by atoms with Crippen molar-refractivity contribution in [2.24, 2.45) is 0 Å². The minimum absolute atomic E-state index is 0.255. The Hall–Kier alpha value is -3.39. The first-order chi connectivity index (χ1) is 14.5. The number of nitrogens with one attached hydrogen (secondary N) is 2. The van der Waals surface area contributed by atoms with Crippen LogP contribution >= 0.6 is 0 Å². The molecule has 1 aliphatic rings. The Morgan fingerprint density at radius 3 is 2.67 bits per heavy atom. The van der Waals surface area contributed by atoms with E-state index in [9.17, 15) is 4.79 Å². The molecule has 0 spiro atoms. The summed E-state index contributed by atoms with van der Waals surface area (Å²) in [5.74, 6) is 0.796. The number of amides is 1. The largest absolute Gasteiger partial charge is 0.393 e. The number of hydrogen-bond acceptors (Lipinski definition) is 7. The van der Waals surface area contributed by atoms with Gasteiger partial charge in [-0.3, -0.25) is 15.6 Å². The van der Waals surface area contributed by atoms with Crippen molar-refractivity contribution in [3.63, 3.8) is 0 Å². The molecule has 2 aromatic carbocycles. The summed E-state index contributed by atoms with van der Waals surface area (Å²) < 4.78 is 0. The van der Waals surface area contributed by atoms with Gasteiger partial charge in [-0.15, -0.1) is 0 Å². The molecule has 156 valence electrons. The van der Waals surface area contributed by atoms with Crippen LogP contribution in [0.2, 0.25) is 0 Å². The third-order valence-corrected chi connectivity index (χ3v) is 5.76. The Bertz CT molecular complexity index is 1040. The molecule has 0 aliphatic carbocycles. The first-order valence-corrected chi connectivity index (χ1v) is 10.1. The summed E-state index contributed by atoms with van der Waals surface area (Å²) in [6, 6.07) is 13.8. The summed E-state index contributed by atoms with van der Waals surface area (Å²) in [6.07, 6.45) is 3.57. The molecule has 4 rings (SSSR count). The Morgan fingerprint density at radius 2 is 1.87 bits per heavy atom. The summed E-state index contributed by atoms with van der Waals surface area (Å²) in [5, 5.41) is 1.89. The average Bonchev–Trinajstić information content (AvgIpc) is 2.78. The number of likely N-dealkylation sites (tertiary alicyclic amines) is 1. The molecular formula is C22H27N7O. The summed E-state index contributed by atoms with van der Waals surface area (Å²) in [5.41, 5.74) is 12.9. The molecule has 0 bridgehead atoms. The average molecular weight is 406 g/mol. The third kappa shape index (κ3) is 3.99. The van der Waals surface area contributed by atoms with Crippen LogP contribution < -0.4 is 21.5 Å². The predicted octanol–water partition coefficient (Wildman–Crippen LogP) is 2.50. The van der Waals surface area contributed by atoms with E-state index in [0.29, 0.717) is 28.9 Å². The van der Waals surface area contributed by atoms with E-state index in [4.69, 9.17) is 5.73 Å². The van der Waals surface area contributed by atoms with Crippen LogP contribution in [0.25, 0.3) is 10.8 Å². The number of anilines is 3. The Labute approximate surface area is 176 Å². The number of nitrogens with zero attached hydrogens (tertiary/aromatic N) is 4. The molecule has 0 unspecified atom stereocenters. The zero-order valence-corrected chi connectivity index (χ0v) is 17.3. The number of nitrogen functional groups attached to an aromatic ring is 1. The Morgan fingerprint density at radius 1 is 1.13 bits per heavy atom. The van der Waals surface area contributed by atoms with Gasteiger partial charge < -0.3 is 15.5 Å². The topological polar surface area (TPSA) is 99.4 Å². The SMILES string of the molecule is CN1CCC(N(C)c2ncnc(NNC(=O)c3cccc4ccccc34)c2N)CC1. The standard InChI is InChI=1S/C22H27N7O/c1-28-12-10-16(11-13-28)29(2)21-19(23)20(24-14-25-21)26-27-22(30)18-9-5-7-15-6-3-4-8-17(15)18/h3-9,14,16H,10-13,23H2,1-2H3,(H,27,30)(H,24,25,26). The molecule has 1 fully saturated rings. The maximum absolute atomic E-state index is 12.8. The first kappa shape index (κ1) is 19.9. The molecule has 3 aromatic rings. The second kappa shape index (κ2) is 8.54. The highest BCUT2D eigenvalue weighted by Gasteiger charge is 2.24. The van der Waals surface area contributed by atoms with E-state index in [2.05, 4.69) is 37.7 Å². The molecule has 0 atom stereocenters. The number of benzene rings is 2. The second-order valence-corrected chi connectivity index (χ2v) is 7.71. The number of nitrogens with two attached hydrogens (primary N) is 1. The number of hydrogen-bond donors (Lipinski definition) is 3. The van der Waals surface area contributed by atoms with Crippen molar-refractivity contribution in [3.05, 3.63) is 54.4 Å². The number of aromatic nitrogens is 2. The van der Waals surface area contributed by atoms with E-state index in [0.717, 1.165) is 36.7 Å². The lowest BCUT2D eigenvalue weighted by atomic mass is 10.0. The fourth-order valence-electron chi connectivity index (χ4n) is 3.93. The van der Waals surface area contributed by atoms with Crippen molar-refractivity contribution in [2.45, 2.75) is 18.9 Å². The molecule has 4 N–H and O–H groups in total. The van der Waals surface area contributed by atoms with Gasteiger partial charge in [0.1, 0.15) is 12.0 Å². The minimum Gasteiger partial charge on any atom is -0.393 e. The maximum atomic E-state index is 12.8. The number of rotatable bonds is 5. The van der Waals surface area contributed by atoms with Crippen LogP contribution in [0.4, 0.5) is 17.3 Å². The van der Waals surface area contributed by atoms with E-state index >= 15 is 0 Å². The molecule has 0 saturated carbocycles. The molecule has 8 heteroatoms. The van der Waals surface area contributed by atoms with Crippen LogP contribution in [0.5, 0.6) is 0 Å². The number of piperidine rings is 1. The Balaban J connectivity index is 1.49. The fraction of sp³-hybridized carbons (Fsp3) is 0.318. The fourth-order valence-corrected chi connectivity index (χ4v) is 3.93. The van der Waals surface area contributed by atoms with Crippen LogP contribution in [0, 0.1) is 0 Å². The molecule has 1 aliphatic heterocycles. The normalized spacial score (nSPS) is 15.1. The smallest absolute Gasteiger partial charge is 0.270 e. The van der Waals surface area contributed by atoms with Gasteiger partial charge >= 0.3 is 0 Å². The summed E-state index contributed by atoms with van der Waals surface area (Å²) in [7, 11) is 4.14. The lowest BCUT2D eigenvalue weighted by Gasteiger charge is -2.36. The van der Waals surface area contributed by atoms with Crippen molar-refractivity contribution < 1.29 is 4.79 Å². The first-order valence-electron chi connectivity index (χ1n) is 10.1. The van der Waals surface area contributed by atoms with E-state index in [1.54, 1.807) is 6.07 Å². The van der Waals surface area contributed by atoms with Gasteiger partial charge in [-0.25, -0.2) is 9.97 Å². The highest BCUT2D eigenvalue weighted by atomic mass is 16.2. The van der Waals surface area contributed by atoms with Gasteiger partial charge in [-0.1, -0.05) is 36.4 Å². The van der Waals surface area contributed by atoms with Crippen LogP contribution in [-0.2, 0) is 0 Å². The Kier molecular flexibility index (Phi) is 5.67. The molecule has 2 heterocycles. The summed E-state index contributed by atoms with van der Waals surface area (Å²) in [4.78, 5) is 25.8. The van der Waals surface area contributed by atoms with E-state index in [1.165, 1.54) is 6.33 Å². The third-order valence-electron chi connectivity index (χ3n) is 5.76. The van der Waals surface area contributed by atoms with Crippen molar-refractivity contribution >= 4 is 34.0 Å². The van der Waals surface area contributed by atoms with Crippen molar-refractivity contribution in [1.29, 1.82) is 0 Å². The van der Waals surface area contributed by atoms with Crippen molar-refractivity contribution in [1.82, 2.24) is 20.3 Å². The lowest BCUT2D eigenvalue weighted by molar-refractivity contribution is 0.0964. The lowest BCUT2D eigenvalue weighted by Crippen LogP contribution is -2.42. The molecular weight excluding hydrogens is 378 g/mol. The maximum Gasteiger partial charge on any atom is 0.270 e. The highest BCUT2D eigenvalue weighted by molar-refractivity contribution is 6.07. The number of carbonyl (C=O) groups is 1. The van der Waals surface area contributed by atoms with Crippen molar-refractivity contribution in [3.8, 4) is 0 Å².